The van der Waals surface area contributed by atoms with Crippen LogP contribution in [0.15, 0.2) is 49.6 Å². The Labute approximate surface area is 134 Å². The molecule has 3 aromatic heterocycles. The van der Waals surface area contributed by atoms with E-state index < -0.39 is 0 Å². The number of piperidine rings is 1. The summed E-state index contributed by atoms with van der Waals surface area (Å²) < 4.78 is 1.87. The minimum absolute atomic E-state index is 0.337. The van der Waals surface area contributed by atoms with Crippen LogP contribution in [-0.2, 0) is 0 Å². The average molecular weight is 307 g/mol. The first-order valence-electron chi connectivity index (χ1n) is 7.72. The second-order valence-corrected chi connectivity index (χ2v) is 5.61. The van der Waals surface area contributed by atoms with Gasteiger partial charge in [0.2, 0.25) is 5.95 Å². The molecule has 3 aromatic rings. The van der Waals surface area contributed by atoms with Gasteiger partial charge in [-0.25, -0.2) is 19.9 Å². The Kier molecular flexibility index (Phi) is 3.67. The lowest BCUT2D eigenvalue weighted by Gasteiger charge is -2.32. The Balaban J connectivity index is 1.57. The zero-order valence-electron chi connectivity index (χ0n) is 12.7. The second-order valence-electron chi connectivity index (χ2n) is 5.61. The molecule has 0 aliphatic carbocycles. The molecule has 1 unspecified atom stereocenters. The van der Waals surface area contributed by atoms with Crippen LogP contribution in [-0.4, -0.2) is 42.6 Å². The topological polar surface area (TPSA) is 72.6 Å². The molecule has 1 atom stereocenters. The van der Waals surface area contributed by atoms with E-state index >= 15 is 0 Å². The van der Waals surface area contributed by atoms with Crippen LogP contribution >= 0.6 is 0 Å². The molecule has 23 heavy (non-hydrogen) atoms. The molecule has 0 aromatic carbocycles. The zero-order valence-corrected chi connectivity index (χ0v) is 12.7. The molecule has 0 radical (unpaired) electrons. The molecule has 1 fully saturated rings. The van der Waals surface area contributed by atoms with Crippen molar-refractivity contribution in [2.75, 3.05) is 18.0 Å². The van der Waals surface area contributed by atoms with E-state index in [1.807, 2.05) is 23.0 Å². The van der Waals surface area contributed by atoms with Crippen molar-refractivity contribution in [3.05, 3.63) is 55.3 Å². The predicted octanol–water partition coefficient (Wildman–Crippen LogP) is 1.84. The van der Waals surface area contributed by atoms with Gasteiger partial charge in [0, 0.05) is 50.0 Å². The third kappa shape index (κ3) is 2.90. The van der Waals surface area contributed by atoms with Crippen molar-refractivity contribution in [2.24, 2.45) is 0 Å². The lowest BCUT2D eigenvalue weighted by Crippen LogP contribution is -2.35. The van der Waals surface area contributed by atoms with Crippen LogP contribution in [0.25, 0.3) is 5.82 Å². The van der Waals surface area contributed by atoms with Gasteiger partial charge in [-0.05, 0) is 18.9 Å². The van der Waals surface area contributed by atoms with Crippen LogP contribution in [0.4, 0.5) is 5.95 Å². The zero-order chi connectivity index (χ0) is 15.5. The van der Waals surface area contributed by atoms with E-state index in [9.17, 15) is 0 Å². The molecule has 0 bridgehead atoms. The van der Waals surface area contributed by atoms with Gasteiger partial charge in [0.25, 0.3) is 0 Å². The Hall–Kier alpha value is -2.83. The van der Waals surface area contributed by atoms with Gasteiger partial charge in [-0.1, -0.05) is 0 Å². The van der Waals surface area contributed by atoms with Crippen molar-refractivity contribution >= 4 is 5.95 Å². The second kappa shape index (κ2) is 6.12. The summed E-state index contributed by atoms with van der Waals surface area (Å²) in [5, 5.41) is 0. The van der Waals surface area contributed by atoms with Crippen LogP contribution < -0.4 is 4.90 Å². The summed E-state index contributed by atoms with van der Waals surface area (Å²) in [5.41, 5.74) is 1.01. The maximum absolute atomic E-state index is 4.76. The number of aromatic nitrogens is 6. The van der Waals surface area contributed by atoms with Crippen molar-refractivity contribution in [3.8, 4) is 5.82 Å². The molecule has 1 aliphatic rings. The maximum atomic E-state index is 4.76. The summed E-state index contributed by atoms with van der Waals surface area (Å²) in [6.07, 6.45) is 14.7. The maximum Gasteiger partial charge on any atom is 0.225 e. The van der Waals surface area contributed by atoms with Gasteiger partial charge in [-0.3, -0.25) is 9.55 Å². The van der Waals surface area contributed by atoms with E-state index in [1.165, 1.54) is 0 Å². The summed E-state index contributed by atoms with van der Waals surface area (Å²) in [6.45, 7) is 1.85. The highest BCUT2D eigenvalue weighted by Crippen LogP contribution is 2.27. The molecule has 4 rings (SSSR count). The first kappa shape index (κ1) is 13.8. The molecule has 7 nitrogen and oxygen atoms in total. The van der Waals surface area contributed by atoms with E-state index in [0.717, 1.165) is 43.4 Å². The molecular formula is C16H17N7. The van der Waals surface area contributed by atoms with Crippen molar-refractivity contribution in [3.63, 3.8) is 0 Å². The van der Waals surface area contributed by atoms with Gasteiger partial charge in [0.15, 0.2) is 5.82 Å². The van der Waals surface area contributed by atoms with Crippen molar-refractivity contribution in [1.82, 2.24) is 29.5 Å². The number of imidazole rings is 1. The lowest BCUT2D eigenvalue weighted by molar-refractivity contribution is 0.493. The highest BCUT2D eigenvalue weighted by atomic mass is 15.3. The third-order valence-corrected chi connectivity index (χ3v) is 4.08. The Morgan fingerprint density at radius 3 is 2.78 bits per heavy atom. The number of hydrogen-bond acceptors (Lipinski definition) is 6. The Bertz CT molecular complexity index is 757. The van der Waals surface area contributed by atoms with Gasteiger partial charge in [0.05, 0.1) is 11.9 Å². The fourth-order valence-corrected chi connectivity index (χ4v) is 2.94. The summed E-state index contributed by atoms with van der Waals surface area (Å²) in [7, 11) is 0. The predicted molar refractivity (Wildman–Crippen MR) is 85.4 cm³/mol. The fourth-order valence-electron chi connectivity index (χ4n) is 2.94. The Morgan fingerprint density at radius 2 is 1.96 bits per heavy atom. The molecule has 0 N–H and O–H groups in total. The SMILES string of the molecule is c1cnc(N2CCCC(c3cncc(-n4ccnc4)n3)C2)nc1. The number of rotatable bonds is 3. The van der Waals surface area contributed by atoms with Crippen LogP contribution in [0.3, 0.4) is 0 Å². The largest absolute Gasteiger partial charge is 0.340 e. The molecule has 116 valence electrons. The number of hydrogen-bond donors (Lipinski definition) is 0. The van der Waals surface area contributed by atoms with Crippen LogP contribution in [0, 0.1) is 0 Å². The summed E-state index contributed by atoms with van der Waals surface area (Å²) in [6, 6.07) is 1.84. The minimum Gasteiger partial charge on any atom is -0.340 e. The molecule has 0 spiro atoms. The first-order chi connectivity index (χ1) is 11.4. The molecule has 0 saturated carbocycles. The molecule has 0 amide bonds. The van der Waals surface area contributed by atoms with Gasteiger partial charge < -0.3 is 4.90 Å². The molecule has 1 saturated heterocycles. The third-order valence-electron chi connectivity index (χ3n) is 4.08. The molecule has 4 heterocycles. The average Bonchev–Trinajstić information content (AvgIpc) is 3.18. The van der Waals surface area contributed by atoms with Crippen molar-refractivity contribution < 1.29 is 0 Å². The van der Waals surface area contributed by atoms with Gasteiger partial charge >= 0.3 is 0 Å². The van der Waals surface area contributed by atoms with E-state index in [1.54, 1.807) is 31.1 Å². The number of nitrogens with zero attached hydrogens (tertiary/aromatic N) is 7. The van der Waals surface area contributed by atoms with Gasteiger partial charge in [-0.15, -0.1) is 0 Å². The van der Waals surface area contributed by atoms with Crippen LogP contribution in [0.2, 0.25) is 0 Å². The lowest BCUT2D eigenvalue weighted by atomic mass is 9.95. The summed E-state index contributed by atoms with van der Waals surface area (Å²) in [4.78, 5) is 24.1. The van der Waals surface area contributed by atoms with E-state index in [2.05, 4.69) is 24.8 Å². The quantitative estimate of drug-likeness (QED) is 0.735. The van der Waals surface area contributed by atoms with Crippen LogP contribution in [0.5, 0.6) is 0 Å². The highest BCUT2D eigenvalue weighted by molar-refractivity contribution is 5.31. The van der Waals surface area contributed by atoms with Crippen LogP contribution in [0.1, 0.15) is 24.5 Å². The summed E-state index contributed by atoms with van der Waals surface area (Å²) >= 11 is 0. The monoisotopic (exact) mass is 307 g/mol. The Morgan fingerprint density at radius 1 is 1.04 bits per heavy atom. The van der Waals surface area contributed by atoms with Gasteiger partial charge in [0.1, 0.15) is 6.33 Å². The van der Waals surface area contributed by atoms with E-state index in [-0.39, 0.29) is 0 Å². The number of anilines is 1. The standard InChI is InChI=1S/C16H17N7/c1-3-13(11-22(7-1)16-19-4-2-5-20-16)14-9-18-10-15(21-14)23-8-6-17-12-23/h2,4-6,8-10,12-13H,1,3,7,11H2. The normalized spacial score (nSPS) is 18.1. The van der Waals surface area contributed by atoms with Crippen molar-refractivity contribution in [2.45, 2.75) is 18.8 Å². The van der Waals surface area contributed by atoms with E-state index in [0.29, 0.717) is 5.92 Å². The van der Waals surface area contributed by atoms with E-state index in [4.69, 9.17) is 4.98 Å². The fraction of sp³-hybridized carbons (Fsp3) is 0.312. The van der Waals surface area contributed by atoms with Crippen molar-refractivity contribution in [1.29, 1.82) is 0 Å². The summed E-state index contributed by atoms with van der Waals surface area (Å²) in [5.74, 6) is 1.92. The first-order valence-corrected chi connectivity index (χ1v) is 7.72. The molecule has 7 heteroatoms. The minimum atomic E-state index is 0.337. The smallest absolute Gasteiger partial charge is 0.225 e. The highest BCUT2D eigenvalue weighted by Gasteiger charge is 2.24. The van der Waals surface area contributed by atoms with Gasteiger partial charge in [-0.2, -0.15) is 0 Å². The molecule has 1 aliphatic heterocycles. The molecular weight excluding hydrogens is 290 g/mol.